The minimum absolute atomic E-state index is 0.473. The van der Waals surface area contributed by atoms with Gasteiger partial charge in [-0.05, 0) is 65.9 Å². The molecule has 0 aliphatic carbocycles. The number of benzene rings is 5. The molecular weight excluding hydrogens is 585 g/mol. The van der Waals surface area contributed by atoms with Crippen molar-refractivity contribution in [2.45, 2.75) is 52.2 Å². The molecular formula is C41H46NO3P. The second-order valence-corrected chi connectivity index (χ2v) is 14.3. The topological polar surface area (TPSA) is 39.7 Å². The van der Waals surface area contributed by atoms with E-state index < -0.39 is 13.7 Å². The number of ether oxygens (including phenoxy) is 3. The lowest BCUT2D eigenvalue weighted by atomic mass is 9.92. The summed E-state index contributed by atoms with van der Waals surface area (Å²) in [5.74, 6) is 1.15. The molecule has 1 N–H and O–H groups in total. The van der Waals surface area contributed by atoms with Gasteiger partial charge in [-0.2, -0.15) is 0 Å². The molecule has 0 amide bonds. The van der Waals surface area contributed by atoms with Crippen LogP contribution in [0, 0.1) is 0 Å². The maximum atomic E-state index is 5.98. The lowest BCUT2D eigenvalue weighted by molar-refractivity contribution is -0.148. The van der Waals surface area contributed by atoms with Gasteiger partial charge in [0, 0.05) is 11.3 Å². The fourth-order valence-electron chi connectivity index (χ4n) is 5.88. The Morgan fingerprint density at radius 1 is 0.630 bits per heavy atom. The van der Waals surface area contributed by atoms with Crippen molar-refractivity contribution in [2.24, 2.45) is 0 Å². The van der Waals surface area contributed by atoms with Gasteiger partial charge >= 0.3 is 0 Å². The molecule has 1 saturated heterocycles. The van der Waals surface area contributed by atoms with Crippen molar-refractivity contribution >= 4 is 35.2 Å². The van der Waals surface area contributed by atoms with Gasteiger partial charge in [0.1, 0.15) is 5.75 Å². The van der Waals surface area contributed by atoms with Crippen LogP contribution in [0.2, 0.25) is 0 Å². The maximum Gasteiger partial charge on any atom is 0.192 e. The third-order valence-corrected chi connectivity index (χ3v) is 10.7. The Balaban J connectivity index is 0.000000184. The first-order valence-corrected chi connectivity index (χ1v) is 17.5. The molecule has 0 saturated carbocycles. The van der Waals surface area contributed by atoms with Gasteiger partial charge in [0.25, 0.3) is 0 Å². The van der Waals surface area contributed by atoms with E-state index in [0.29, 0.717) is 25.0 Å². The molecule has 0 radical (unpaired) electrons. The average Bonchev–Trinajstić information content (AvgIpc) is 3.54. The summed E-state index contributed by atoms with van der Waals surface area (Å²) in [7, 11) is 1.03. The molecule has 0 bridgehead atoms. The molecule has 1 aliphatic rings. The molecule has 0 atom stereocenters. The van der Waals surface area contributed by atoms with Crippen LogP contribution < -0.4 is 26.0 Å². The van der Waals surface area contributed by atoms with Crippen LogP contribution in [0.1, 0.15) is 63.1 Å². The standard InChI is InChI=1S/C22H21O2P.C19H25NO/c1-22(23-16-17-24-22)20-14-8-9-15-21(20)25(18-10-4-2-5-11-18)19-12-6-3-7-13-19;1-13(2)15-9-8-10-16(14(3)4)19(15)20-17-11-6-7-12-18(17)21-5/h2-15H,16-17H2,1H3;6-14,20H,1-5H3. The Hall–Kier alpha value is -3.95. The van der Waals surface area contributed by atoms with Gasteiger partial charge in [0.2, 0.25) is 0 Å². The maximum absolute atomic E-state index is 5.98. The first-order valence-electron chi connectivity index (χ1n) is 16.1. The minimum Gasteiger partial charge on any atom is -0.495 e. The Morgan fingerprint density at radius 2 is 1.13 bits per heavy atom. The molecule has 6 rings (SSSR count). The van der Waals surface area contributed by atoms with Crippen LogP contribution in [-0.2, 0) is 15.3 Å². The van der Waals surface area contributed by atoms with Crippen LogP contribution in [0.15, 0.2) is 127 Å². The summed E-state index contributed by atoms with van der Waals surface area (Å²) < 4.78 is 17.4. The molecule has 4 nitrogen and oxygen atoms in total. The Morgan fingerprint density at radius 3 is 1.67 bits per heavy atom. The van der Waals surface area contributed by atoms with E-state index in [0.717, 1.165) is 17.0 Å². The molecule has 238 valence electrons. The quantitative estimate of drug-likeness (QED) is 0.165. The summed E-state index contributed by atoms with van der Waals surface area (Å²) in [5, 5.41) is 7.55. The summed E-state index contributed by atoms with van der Waals surface area (Å²) >= 11 is 0. The van der Waals surface area contributed by atoms with Crippen molar-refractivity contribution in [1.29, 1.82) is 0 Å². The fourth-order valence-corrected chi connectivity index (χ4v) is 8.43. The normalized spacial score (nSPS) is 13.8. The van der Waals surface area contributed by atoms with Crippen LogP contribution >= 0.6 is 7.92 Å². The van der Waals surface area contributed by atoms with Gasteiger partial charge in [-0.25, -0.2) is 0 Å². The summed E-state index contributed by atoms with van der Waals surface area (Å²) in [4.78, 5) is 0. The highest BCUT2D eigenvalue weighted by Crippen LogP contribution is 2.40. The van der Waals surface area contributed by atoms with Crippen LogP contribution in [0.3, 0.4) is 0 Å². The van der Waals surface area contributed by atoms with Crippen LogP contribution in [0.5, 0.6) is 5.75 Å². The SMILES string of the molecule is CC1(c2ccccc2P(c2ccccc2)c2ccccc2)OCCO1.COc1ccccc1Nc1c(C(C)C)cccc1C(C)C. The zero-order valence-corrected chi connectivity index (χ0v) is 28.8. The molecule has 1 fully saturated rings. The average molecular weight is 632 g/mol. The summed E-state index contributed by atoms with van der Waals surface area (Å²) in [5.41, 5.74) is 6.03. The molecule has 5 heteroatoms. The van der Waals surface area contributed by atoms with Gasteiger partial charge in [-0.1, -0.05) is 143 Å². The van der Waals surface area contributed by atoms with E-state index in [1.165, 1.54) is 32.7 Å². The molecule has 0 spiro atoms. The van der Waals surface area contributed by atoms with Gasteiger partial charge in [0.15, 0.2) is 5.79 Å². The third-order valence-electron chi connectivity index (χ3n) is 8.24. The summed E-state index contributed by atoms with van der Waals surface area (Å²) in [6, 6.07) is 44.6. The minimum atomic E-state index is -0.675. The number of hydrogen-bond donors (Lipinski definition) is 1. The second kappa shape index (κ2) is 15.6. The lowest BCUT2D eigenvalue weighted by Gasteiger charge is -2.29. The molecule has 1 heterocycles. The van der Waals surface area contributed by atoms with Crippen molar-refractivity contribution < 1.29 is 14.2 Å². The molecule has 5 aromatic rings. The van der Waals surface area contributed by atoms with E-state index in [1.807, 2.05) is 25.1 Å². The van der Waals surface area contributed by atoms with E-state index in [9.17, 15) is 0 Å². The van der Waals surface area contributed by atoms with Crippen molar-refractivity contribution in [3.8, 4) is 5.75 Å². The van der Waals surface area contributed by atoms with Crippen molar-refractivity contribution in [1.82, 2.24) is 0 Å². The highest BCUT2D eigenvalue weighted by atomic mass is 31.1. The number of methoxy groups -OCH3 is 1. The highest BCUT2D eigenvalue weighted by molar-refractivity contribution is 7.79. The number of hydrogen-bond acceptors (Lipinski definition) is 4. The monoisotopic (exact) mass is 631 g/mol. The molecule has 0 unspecified atom stereocenters. The van der Waals surface area contributed by atoms with Crippen molar-refractivity contribution in [3.05, 3.63) is 144 Å². The highest BCUT2D eigenvalue weighted by Gasteiger charge is 2.37. The lowest BCUT2D eigenvalue weighted by Crippen LogP contribution is -2.32. The summed E-state index contributed by atoms with van der Waals surface area (Å²) in [6.07, 6.45) is 0. The Kier molecular flexibility index (Phi) is 11.3. The van der Waals surface area contributed by atoms with E-state index in [1.54, 1.807) is 7.11 Å². The predicted molar refractivity (Wildman–Crippen MR) is 195 cm³/mol. The van der Waals surface area contributed by atoms with E-state index >= 15 is 0 Å². The van der Waals surface area contributed by atoms with Gasteiger partial charge in [-0.3, -0.25) is 0 Å². The van der Waals surface area contributed by atoms with Crippen molar-refractivity contribution in [2.75, 3.05) is 25.6 Å². The van der Waals surface area contributed by atoms with Gasteiger partial charge < -0.3 is 19.5 Å². The van der Waals surface area contributed by atoms with E-state index in [2.05, 4.69) is 142 Å². The fraction of sp³-hybridized carbons (Fsp3) is 0.268. The molecule has 0 aromatic heterocycles. The zero-order valence-electron chi connectivity index (χ0n) is 27.9. The van der Waals surface area contributed by atoms with E-state index in [4.69, 9.17) is 14.2 Å². The molecule has 5 aromatic carbocycles. The largest absolute Gasteiger partial charge is 0.495 e. The number of rotatable bonds is 9. The van der Waals surface area contributed by atoms with Crippen molar-refractivity contribution in [3.63, 3.8) is 0 Å². The second-order valence-electron chi connectivity index (χ2n) is 12.1. The predicted octanol–water partition coefficient (Wildman–Crippen LogP) is 9.35. The van der Waals surface area contributed by atoms with Crippen LogP contribution in [0.4, 0.5) is 11.4 Å². The molecule has 46 heavy (non-hydrogen) atoms. The van der Waals surface area contributed by atoms with Gasteiger partial charge in [-0.15, -0.1) is 0 Å². The zero-order chi connectivity index (χ0) is 32.5. The Bertz CT molecular complexity index is 1620. The first-order chi connectivity index (χ1) is 22.3. The summed E-state index contributed by atoms with van der Waals surface area (Å²) in [6.45, 7) is 12.2. The van der Waals surface area contributed by atoms with E-state index in [-0.39, 0.29) is 0 Å². The molecule has 1 aliphatic heterocycles. The number of para-hydroxylation sites is 3. The number of anilines is 2. The first kappa shape index (κ1) is 33.4. The smallest absolute Gasteiger partial charge is 0.192 e. The van der Waals surface area contributed by atoms with Crippen LogP contribution in [-0.4, -0.2) is 20.3 Å². The van der Waals surface area contributed by atoms with Gasteiger partial charge in [0.05, 0.1) is 26.0 Å². The number of nitrogens with one attached hydrogen (secondary N) is 1. The third kappa shape index (κ3) is 7.70. The Labute approximate surface area is 276 Å². The van der Waals surface area contributed by atoms with Crippen LogP contribution in [0.25, 0.3) is 0 Å².